The van der Waals surface area contributed by atoms with Gasteiger partial charge in [0.15, 0.2) is 0 Å². The van der Waals surface area contributed by atoms with Gasteiger partial charge in [0.2, 0.25) is 5.91 Å². The van der Waals surface area contributed by atoms with E-state index in [1.165, 1.54) is 24.1 Å². The molecule has 0 aromatic heterocycles. The molecule has 1 heterocycles. The fourth-order valence-corrected chi connectivity index (χ4v) is 5.31. The summed E-state index contributed by atoms with van der Waals surface area (Å²) in [4.78, 5) is 40.8. The van der Waals surface area contributed by atoms with E-state index in [9.17, 15) is 18.8 Å². The highest BCUT2D eigenvalue weighted by Crippen LogP contribution is 2.27. The first-order valence-electron chi connectivity index (χ1n) is 14.9. The van der Waals surface area contributed by atoms with Crippen LogP contribution in [0.2, 0.25) is 0 Å². The van der Waals surface area contributed by atoms with Gasteiger partial charge in [-0.1, -0.05) is 55.5 Å². The van der Waals surface area contributed by atoms with E-state index in [-0.39, 0.29) is 36.8 Å². The lowest BCUT2D eigenvalue weighted by Crippen LogP contribution is -2.44. The predicted octanol–water partition coefficient (Wildman–Crippen LogP) is 6.72. The van der Waals surface area contributed by atoms with Crippen molar-refractivity contribution in [3.8, 4) is 17.2 Å². The molecule has 1 fully saturated rings. The van der Waals surface area contributed by atoms with Gasteiger partial charge in [-0.2, -0.15) is 0 Å². The fraction of sp³-hybridized carbons (Fsp3) is 0.250. The van der Waals surface area contributed by atoms with Gasteiger partial charge < -0.3 is 19.5 Å². The molecule has 9 heteroatoms. The zero-order valence-corrected chi connectivity index (χ0v) is 25.2. The zero-order valence-electron chi connectivity index (χ0n) is 25.2. The Bertz CT molecular complexity index is 1630. The molecular weight excluding hydrogens is 575 g/mol. The normalized spacial score (nSPS) is 14.9. The predicted molar refractivity (Wildman–Crippen MR) is 167 cm³/mol. The largest absolute Gasteiger partial charge is 0.496 e. The SMILES string of the molecule is CCC(Cc1ccc(OC)c(C(=O)NCc2ccc(Oc3ccc(F)cc3)cc2)c1)C(=O)N1C(=O)OCC1Cc1ccccc1. The molecular formula is C36H35FN2O6. The highest BCUT2D eigenvalue weighted by molar-refractivity contribution is 5.97. The summed E-state index contributed by atoms with van der Waals surface area (Å²) in [6, 6.07) is 27.6. The van der Waals surface area contributed by atoms with Crippen LogP contribution in [0.25, 0.3) is 0 Å². The van der Waals surface area contributed by atoms with Crippen molar-refractivity contribution in [1.82, 2.24) is 10.2 Å². The van der Waals surface area contributed by atoms with E-state index >= 15 is 0 Å². The maximum Gasteiger partial charge on any atom is 0.416 e. The molecule has 4 aromatic carbocycles. The molecule has 0 radical (unpaired) electrons. The third kappa shape index (κ3) is 7.86. The molecule has 2 atom stereocenters. The molecule has 4 aromatic rings. The van der Waals surface area contributed by atoms with Crippen LogP contribution in [0, 0.1) is 11.7 Å². The lowest BCUT2D eigenvalue weighted by Gasteiger charge is -2.24. The van der Waals surface area contributed by atoms with Crippen LogP contribution in [0.4, 0.5) is 9.18 Å². The van der Waals surface area contributed by atoms with Crippen molar-refractivity contribution in [3.63, 3.8) is 0 Å². The molecule has 0 aliphatic carbocycles. The van der Waals surface area contributed by atoms with E-state index in [1.54, 1.807) is 36.4 Å². The Balaban J connectivity index is 1.23. The number of carbonyl (C=O) groups is 3. The first-order valence-corrected chi connectivity index (χ1v) is 14.9. The number of hydrogen-bond donors (Lipinski definition) is 1. The molecule has 1 N–H and O–H groups in total. The number of halogens is 1. The summed E-state index contributed by atoms with van der Waals surface area (Å²) in [5.74, 6) is 0.0815. The monoisotopic (exact) mass is 610 g/mol. The summed E-state index contributed by atoms with van der Waals surface area (Å²) in [5, 5.41) is 2.92. The van der Waals surface area contributed by atoms with Crippen LogP contribution in [0.1, 0.15) is 40.4 Å². The van der Waals surface area contributed by atoms with Gasteiger partial charge in [0.1, 0.15) is 29.7 Å². The Morgan fingerprint density at radius 2 is 1.60 bits per heavy atom. The maximum absolute atomic E-state index is 13.6. The van der Waals surface area contributed by atoms with Gasteiger partial charge in [-0.15, -0.1) is 0 Å². The summed E-state index contributed by atoms with van der Waals surface area (Å²) in [6.45, 7) is 2.33. The molecule has 3 amide bonds. The van der Waals surface area contributed by atoms with Crippen LogP contribution in [0.5, 0.6) is 17.2 Å². The molecule has 0 bridgehead atoms. The highest BCUT2D eigenvalue weighted by atomic mass is 19.1. The minimum absolute atomic E-state index is 0.159. The Morgan fingerprint density at radius 1 is 0.933 bits per heavy atom. The van der Waals surface area contributed by atoms with Crippen LogP contribution < -0.4 is 14.8 Å². The van der Waals surface area contributed by atoms with Crippen molar-refractivity contribution in [2.75, 3.05) is 13.7 Å². The number of nitrogens with zero attached hydrogens (tertiary/aromatic N) is 1. The summed E-state index contributed by atoms with van der Waals surface area (Å²) in [7, 11) is 1.50. The molecule has 1 saturated heterocycles. The first-order chi connectivity index (χ1) is 21.8. The van der Waals surface area contributed by atoms with E-state index in [0.29, 0.717) is 42.1 Å². The quantitative estimate of drug-likeness (QED) is 0.192. The second kappa shape index (κ2) is 14.5. The van der Waals surface area contributed by atoms with Gasteiger partial charge in [0.25, 0.3) is 5.91 Å². The average Bonchev–Trinajstić information content (AvgIpc) is 3.43. The van der Waals surface area contributed by atoms with Crippen molar-refractivity contribution >= 4 is 17.9 Å². The summed E-state index contributed by atoms with van der Waals surface area (Å²) >= 11 is 0. The van der Waals surface area contributed by atoms with Crippen molar-refractivity contribution in [3.05, 3.63) is 125 Å². The number of ether oxygens (including phenoxy) is 3. The lowest BCUT2D eigenvalue weighted by atomic mass is 9.93. The second-order valence-corrected chi connectivity index (χ2v) is 10.9. The molecule has 1 aliphatic rings. The molecule has 232 valence electrons. The third-order valence-corrected chi connectivity index (χ3v) is 7.77. The number of rotatable bonds is 12. The van der Waals surface area contributed by atoms with Crippen LogP contribution in [0.15, 0.2) is 97.1 Å². The smallest absolute Gasteiger partial charge is 0.416 e. The van der Waals surface area contributed by atoms with E-state index in [1.807, 2.05) is 55.5 Å². The molecule has 5 rings (SSSR count). The van der Waals surface area contributed by atoms with Gasteiger partial charge in [-0.25, -0.2) is 14.1 Å². The number of carbonyl (C=O) groups excluding carboxylic acids is 3. The summed E-state index contributed by atoms with van der Waals surface area (Å²) in [6.07, 6.45) is 0.752. The van der Waals surface area contributed by atoms with Gasteiger partial charge >= 0.3 is 6.09 Å². The zero-order chi connectivity index (χ0) is 31.8. The molecule has 1 aliphatic heterocycles. The number of methoxy groups -OCH3 is 1. The summed E-state index contributed by atoms with van der Waals surface area (Å²) in [5.41, 5.74) is 2.99. The van der Waals surface area contributed by atoms with E-state index < -0.39 is 12.0 Å². The number of nitrogens with one attached hydrogen (secondary N) is 1. The Kier molecular flexibility index (Phi) is 10.1. The van der Waals surface area contributed by atoms with Crippen LogP contribution >= 0.6 is 0 Å². The minimum Gasteiger partial charge on any atom is -0.496 e. The molecule has 0 saturated carbocycles. The van der Waals surface area contributed by atoms with Crippen LogP contribution in [-0.2, 0) is 28.9 Å². The molecule has 0 spiro atoms. The van der Waals surface area contributed by atoms with Crippen molar-refractivity contribution < 1.29 is 33.0 Å². The van der Waals surface area contributed by atoms with E-state index in [4.69, 9.17) is 14.2 Å². The highest BCUT2D eigenvalue weighted by Gasteiger charge is 2.40. The summed E-state index contributed by atoms with van der Waals surface area (Å²) < 4.78 is 29.6. The number of amides is 3. The Morgan fingerprint density at radius 3 is 2.27 bits per heavy atom. The standard InChI is InChI=1S/C36H35FN2O6/c1-3-27(35(41)39-29(23-44-36(39)42)20-24-7-5-4-6-8-24)19-26-11-18-33(43-2)32(21-26)34(40)38-22-25-9-14-30(15-10-25)45-31-16-12-28(37)13-17-31/h4-18,21,27,29H,3,19-20,22-23H2,1-2H3,(H,38,40). The van der Waals surface area contributed by atoms with Crippen LogP contribution in [-0.4, -0.2) is 42.6 Å². The van der Waals surface area contributed by atoms with Gasteiger partial charge in [-0.3, -0.25) is 9.59 Å². The average molecular weight is 611 g/mol. The van der Waals surface area contributed by atoms with Gasteiger partial charge in [-0.05, 0) is 84.5 Å². The number of benzene rings is 4. The Hall–Kier alpha value is -5.18. The maximum atomic E-state index is 13.6. The van der Waals surface area contributed by atoms with Gasteiger partial charge in [0.05, 0.1) is 18.7 Å². The topological polar surface area (TPSA) is 94.2 Å². The molecule has 8 nitrogen and oxygen atoms in total. The fourth-order valence-electron chi connectivity index (χ4n) is 5.31. The Labute approximate surface area is 261 Å². The van der Waals surface area contributed by atoms with Crippen molar-refractivity contribution in [1.29, 1.82) is 0 Å². The number of hydrogen-bond acceptors (Lipinski definition) is 6. The lowest BCUT2D eigenvalue weighted by molar-refractivity contribution is -0.133. The van der Waals surface area contributed by atoms with Crippen molar-refractivity contribution in [2.45, 2.75) is 38.8 Å². The van der Waals surface area contributed by atoms with Crippen LogP contribution in [0.3, 0.4) is 0 Å². The van der Waals surface area contributed by atoms with E-state index in [2.05, 4.69) is 5.32 Å². The number of imide groups is 1. The minimum atomic E-state index is -0.621. The molecule has 45 heavy (non-hydrogen) atoms. The molecule has 2 unspecified atom stereocenters. The van der Waals surface area contributed by atoms with Crippen molar-refractivity contribution in [2.24, 2.45) is 5.92 Å². The first kappa shape index (κ1) is 31.3. The second-order valence-electron chi connectivity index (χ2n) is 10.9. The third-order valence-electron chi connectivity index (χ3n) is 7.77. The van der Waals surface area contributed by atoms with Gasteiger partial charge in [0, 0.05) is 12.5 Å². The van der Waals surface area contributed by atoms with E-state index in [0.717, 1.165) is 16.7 Å². The number of cyclic esters (lactones) is 1.